The molecule has 0 unspecified atom stereocenters. The van der Waals surface area contributed by atoms with Crippen molar-refractivity contribution in [3.8, 4) is 5.69 Å². The number of aromatic nitrogens is 2. The lowest BCUT2D eigenvalue weighted by Crippen LogP contribution is -2.37. The van der Waals surface area contributed by atoms with Crippen LogP contribution in [-0.2, 0) is 11.3 Å². The van der Waals surface area contributed by atoms with Gasteiger partial charge in [-0.15, -0.1) is 11.3 Å². The first-order chi connectivity index (χ1) is 13.0. The maximum atomic E-state index is 12.4. The Bertz CT molecular complexity index is 933. The molecule has 0 atom stereocenters. The number of rotatable bonds is 6. The fraction of sp³-hybridized carbons (Fsp3) is 0.250. The third-order valence-corrected chi connectivity index (χ3v) is 5.28. The number of amides is 2. The van der Waals surface area contributed by atoms with Crippen molar-refractivity contribution in [3.63, 3.8) is 0 Å². The molecule has 2 amide bonds. The van der Waals surface area contributed by atoms with E-state index in [9.17, 15) is 9.59 Å². The van der Waals surface area contributed by atoms with Gasteiger partial charge in [-0.2, -0.15) is 5.10 Å². The van der Waals surface area contributed by atoms with Crippen LogP contribution < -0.4 is 5.32 Å². The molecule has 0 bridgehead atoms. The number of para-hydroxylation sites is 1. The molecule has 3 aromatic rings. The van der Waals surface area contributed by atoms with Crippen LogP contribution in [0.25, 0.3) is 5.69 Å². The molecule has 0 aliphatic carbocycles. The number of nitrogens with one attached hydrogen (secondary N) is 1. The third-order valence-electron chi connectivity index (χ3n) is 4.41. The molecule has 0 saturated carbocycles. The predicted octanol–water partition coefficient (Wildman–Crippen LogP) is 2.94. The van der Waals surface area contributed by atoms with E-state index in [-0.39, 0.29) is 18.4 Å². The summed E-state index contributed by atoms with van der Waals surface area (Å²) in [7, 11) is 1.73. The molecule has 0 fully saturated rings. The first-order valence-corrected chi connectivity index (χ1v) is 9.51. The summed E-state index contributed by atoms with van der Waals surface area (Å²) < 4.78 is 1.89. The van der Waals surface area contributed by atoms with Gasteiger partial charge < -0.3 is 10.2 Å². The number of likely N-dealkylation sites (N-methyl/N-ethyl adjacent to an activating group) is 1. The van der Waals surface area contributed by atoms with Crippen LogP contribution in [0, 0.1) is 13.8 Å². The molecular formula is C20H22N4O2S. The number of thiophene rings is 1. The Hall–Kier alpha value is -2.93. The Morgan fingerprint density at radius 1 is 1.15 bits per heavy atom. The molecule has 0 radical (unpaired) electrons. The number of hydrogen-bond acceptors (Lipinski definition) is 4. The summed E-state index contributed by atoms with van der Waals surface area (Å²) in [6, 6.07) is 13.4. The van der Waals surface area contributed by atoms with E-state index in [1.807, 2.05) is 60.3 Å². The second-order valence-corrected chi connectivity index (χ2v) is 7.25. The Kier molecular flexibility index (Phi) is 5.71. The van der Waals surface area contributed by atoms with E-state index in [2.05, 4.69) is 10.4 Å². The van der Waals surface area contributed by atoms with Crippen molar-refractivity contribution in [2.24, 2.45) is 0 Å². The minimum Gasteiger partial charge on any atom is -0.342 e. The Labute approximate surface area is 162 Å². The predicted molar refractivity (Wildman–Crippen MR) is 106 cm³/mol. The zero-order chi connectivity index (χ0) is 19.4. The average Bonchev–Trinajstić information content (AvgIpc) is 3.31. The summed E-state index contributed by atoms with van der Waals surface area (Å²) in [5.74, 6) is -0.373. The monoisotopic (exact) mass is 382 g/mol. The van der Waals surface area contributed by atoms with Gasteiger partial charge in [-0.05, 0) is 37.4 Å². The number of carbonyl (C=O) groups excluding carboxylic acids is 2. The molecule has 0 aliphatic heterocycles. The lowest BCUT2D eigenvalue weighted by atomic mass is 10.2. The Morgan fingerprint density at radius 3 is 2.56 bits per heavy atom. The zero-order valence-electron chi connectivity index (χ0n) is 15.6. The highest BCUT2D eigenvalue weighted by Crippen LogP contribution is 2.19. The van der Waals surface area contributed by atoms with Gasteiger partial charge >= 0.3 is 0 Å². The van der Waals surface area contributed by atoms with Crippen LogP contribution in [0.15, 0.2) is 47.8 Å². The van der Waals surface area contributed by atoms with Crippen LogP contribution in [-0.4, -0.2) is 40.1 Å². The van der Waals surface area contributed by atoms with E-state index < -0.39 is 0 Å². The number of carbonyl (C=O) groups is 2. The minimum atomic E-state index is -0.226. The van der Waals surface area contributed by atoms with Gasteiger partial charge in [-0.25, -0.2) is 4.68 Å². The fourth-order valence-corrected chi connectivity index (χ4v) is 3.48. The van der Waals surface area contributed by atoms with Crippen LogP contribution in [0.5, 0.6) is 0 Å². The van der Waals surface area contributed by atoms with Gasteiger partial charge in [0.05, 0.1) is 22.8 Å². The van der Waals surface area contributed by atoms with Gasteiger partial charge in [0.15, 0.2) is 0 Å². The fourth-order valence-electron chi connectivity index (χ4n) is 2.84. The summed E-state index contributed by atoms with van der Waals surface area (Å²) in [5.41, 5.74) is 3.89. The molecule has 140 valence electrons. The molecule has 1 N–H and O–H groups in total. The normalized spacial score (nSPS) is 10.6. The number of nitrogens with zero attached hydrogens (tertiary/aromatic N) is 3. The molecule has 0 aliphatic rings. The van der Waals surface area contributed by atoms with E-state index in [1.165, 1.54) is 11.3 Å². The van der Waals surface area contributed by atoms with Crippen molar-refractivity contribution in [3.05, 3.63) is 69.7 Å². The highest BCUT2D eigenvalue weighted by molar-refractivity contribution is 7.12. The maximum absolute atomic E-state index is 12.4. The summed E-state index contributed by atoms with van der Waals surface area (Å²) in [4.78, 5) is 26.6. The smallest absolute Gasteiger partial charge is 0.261 e. The van der Waals surface area contributed by atoms with Crippen LogP contribution in [0.3, 0.4) is 0 Å². The first kappa shape index (κ1) is 18.8. The Balaban J connectivity index is 1.65. The largest absolute Gasteiger partial charge is 0.342 e. The van der Waals surface area contributed by atoms with Gasteiger partial charge in [0, 0.05) is 24.8 Å². The lowest BCUT2D eigenvalue weighted by molar-refractivity contribution is -0.129. The number of benzene rings is 1. The standard InChI is InChI=1S/C20H22N4O2S/c1-14-17(15(2)24(22-14)16-8-5-4-6-9-16)13-23(3)19(25)12-21-20(26)18-10-7-11-27-18/h4-11H,12-13H2,1-3H3,(H,21,26). The van der Waals surface area contributed by atoms with E-state index in [0.29, 0.717) is 11.4 Å². The van der Waals surface area contributed by atoms with Crippen molar-refractivity contribution in [2.45, 2.75) is 20.4 Å². The van der Waals surface area contributed by atoms with Crippen LogP contribution in [0.1, 0.15) is 26.6 Å². The van der Waals surface area contributed by atoms with Crippen molar-refractivity contribution >= 4 is 23.2 Å². The first-order valence-electron chi connectivity index (χ1n) is 8.63. The summed E-state index contributed by atoms with van der Waals surface area (Å²) in [6.07, 6.45) is 0. The van der Waals surface area contributed by atoms with Gasteiger partial charge in [0.25, 0.3) is 5.91 Å². The topological polar surface area (TPSA) is 67.2 Å². The van der Waals surface area contributed by atoms with Crippen LogP contribution in [0.4, 0.5) is 0 Å². The van der Waals surface area contributed by atoms with Gasteiger partial charge in [0.1, 0.15) is 0 Å². The highest BCUT2D eigenvalue weighted by atomic mass is 32.1. The molecule has 6 nitrogen and oxygen atoms in total. The molecule has 27 heavy (non-hydrogen) atoms. The SMILES string of the molecule is Cc1nn(-c2ccccc2)c(C)c1CN(C)C(=O)CNC(=O)c1cccs1. The highest BCUT2D eigenvalue weighted by Gasteiger charge is 2.18. The molecular weight excluding hydrogens is 360 g/mol. The molecule has 3 rings (SSSR count). The van der Waals surface area contributed by atoms with E-state index in [0.717, 1.165) is 22.6 Å². The van der Waals surface area contributed by atoms with E-state index in [1.54, 1.807) is 18.0 Å². The molecule has 1 aromatic carbocycles. The van der Waals surface area contributed by atoms with Crippen LogP contribution in [0.2, 0.25) is 0 Å². The third kappa shape index (κ3) is 4.25. The van der Waals surface area contributed by atoms with Crippen molar-refractivity contribution in [1.82, 2.24) is 20.0 Å². The van der Waals surface area contributed by atoms with E-state index >= 15 is 0 Å². The molecule has 2 heterocycles. The maximum Gasteiger partial charge on any atom is 0.261 e. The number of aryl methyl sites for hydroxylation is 1. The average molecular weight is 382 g/mol. The minimum absolute atomic E-state index is 0.0296. The molecule has 7 heteroatoms. The van der Waals surface area contributed by atoms with Gasteiger partial charge in [-0.1, -0.05) is 24.3 Å². The second kappa shape index (κ2) is 8.18. The number of hydrogen-bond donors (Lipinski definition) is 1. The summed E-state index contributed by atoms with van der Waals surface area (Å²) >= 11 is 1.35. The van der Waals surface area contributed by atoms with Gasteiger partial charge in [0.2, 0.25) is 5.91 Å². The molecule has 0 spiro atoms. The van der Waals surface area contributed by atoms with Crippen LogP contribution >= 0.6 is 11.3 Å². The molecule has 2 aromatic heterocycles. The quantitative estimate of drug-likeness (QED) is 0.713. The molecule has 0 saturated heterocycles. The van der Waals surface area contributed by atoms with E-state index in [4.69, 9.17) is 0 Å². The van der Waals surface area contributed by atoms with Crippen molar-refractivity contribution in [2.75, 3.05) is 13.6 Å². The zero-order valence-corrected chi connectivity index (χ0v) is 16.4. The lowest BCUT2D eigenvalue weighted by Gasteiger charge is -2.18. The summed E-state index contributed by atoms with van der Waals surface area (Å²) in [5, 5.41) is 9.11. The second-order valence-electron chi connectivity index (χ2n) is 6.31. The van der Waals surface area contributed by atoms with Crippen molar-refractivity contribution in [1.29, 1.82) is 0 Å². The summed E-state index contributed by atoms with van der Waals surface area (Å²) in [6.45, 7) is 4.36. The van der Waals surface area contributed by atoms with Crippen molar-refractivity contribution < 1.29 is 9.59 Å². The van der Waals surface area contributed by atoms with Gasteiger partial charge in [-0.3, -0.25) is 9.59 Å². The Morgan fingerprint density at radius 2 is 1.89 bits per heavy atom.